The molecule has 2 fully saturated rings. The van der Waals surface area contributed by atoms with E-state index in [0.29, 0.717) is 6.04 Å². The molecule has 1 saturated carbocycles. The number of benzene rings is 1. The van der Waals surface area contributed by atoms with Gasteiger partial charge in [-0.25, -0.2) is 0 Å². The first-order valence-corrected chi connectivity index (χ1v) is 10.7. The van der Waals surface area contributed by atoms with E-state index >= 15 is 0 Å². The lowest BCUT2D eigenvalue weighted by Crippen LogP contribution is -2.51. The van der Waals surface area contributed by atoms with Gasteiger partial charge in [-0.1, -0.05) is 38.0 Å². The summed E-state index contributed by atoms with van der Waals surface area (Å²) in [4.78, 5) is 5.05. The summed E-state index contributed by atoms with van der Waals surface area (Å²) in [6.07, 6.45) is 8.04. The predicted molar refractivity (Wildman–Crippen MR) is 116 cm³/mol. The number of hydrogen-bond acceptors (Lipinski definition) is 2. The van der Waals surface area contributed by atoms with Crippen LogP contribution in [0, 0.1) is 19.8 Å². The third-order valence-electron chi connectivity index (χ3n) is 6.63. The smallest absolute Gasteiger partial charge is 0.173 e. The van der Waals surface area contributed by atoms with E-state index in [1.807, 2.05) is 0 Å². The Kier molecular flexibility index (Phi) is 6.57. The highest BCUT2D eigenvalue weighted by atomic mass is 32.1. The molecule has 1 aromatic rings. The van der Waals surface area contributed by atoms with Crippen molar-refractivity contribution < 1.29 is 0 Å². The predicted octanol–water partition coefficient (Wildman–Crippen LogP) is 4.98. The molecule has 4 heteroatoms. The van der Waals surface area contributed by atoms with Crippen molar-refractivity contribution >= 4 is 23.0 Å². The average Bonchev–Trinajstić information content (AvgIpc) is 2.65. The van der Waals surface area contributed by atoms with Crippen molar-refractivity contribution in [1.82, 2.24) is 9.80 Å². The fourth-order valence-electron chi connectivity index (χ4n) is 4.85. The number of nitrogens with one attached hydrogen (secondary N) is 1. The Labute approximate surface area is 165 Å². The largest absolute Gasteiger partial charge is 0.349 e. The van der Waals surface area contributed by atoms with Crippen molar-refractivity contribution in [2.24, 2.45) is 5.92 Å². The molecule has 3 nitrogen and oxygen atoms in total. The van der Waals surface area contributed by atoms with Crippen LogP contribution in [0.25, 0.3) is 0 Å². The molecule has 1 heterocycles. The number of para-hydroxylation sites is 1. The normalized spacial score (nSPS) is 24.7. The molecule has 0 radical (unpaired) electrons. The van der Waals surface area contributed by atoms with Crippen LogP contribution in [0.15, 0.2) is 18.2 Å². The van der Waals surface area contributed by atoms with Gasteiger partial charge in [-0.15, -0.1) is 0 Å². The number of anilines is 1. The number of thiocarbonyl (C=S) groups is 1. The summed E-state index contributed by atoms with van der Waals surface area (Å²) in [5.74, 6) is 0.846. The fourth-order valence-corrected chi connectivity index (χ4v) is 5.13. The van der Waals surface area contributed by atoms with Crippen molar-refractivity contribution in [3.05, 3.63) is 29.3 Å². The summed E-state index contributed by atoms with van der Waals surface area (Å²) in [5.41, 5.74) is 3.69. The Morgan fingerprint density at radius 2 is 1.69 bits per heavy atom. The summed E-state index contributed by atoms with van der Waals surface area (Å²) in [6.45, 7) is 8.85. The van der Waals surface area contributed by atoms with Crippen LogP contribution in [0.5, 0.6) is 0 Å². The van der Waals surface area contributed by atoms with Crippen molar-refractivity contribution in [3.8, 4) is 0 Å². The Morgan fingerprint density at radius 1 is 1.08 bits per heavy atom. The molecular weight excluding hydrogens is 338 g/mol. The second-order valence-electron chi connectivity index (χ2n) is 8.41. The maximum Gasteiger partial charge on any atom is 0.173 e. The molecule has 3 rings (SSSR count). The molecule has 1 aliphatic heterocycles. The Bertz CT molecular complexity index is 602. The van der Waals surface area contributed by atoms with E-state index in [0.717, 1.165) is 30.2 Å². The number of hydrogen-bond donors (Lipinski definition) is 1. The molecule has 144 valence electrons. The SMILES string of the molecule is Cc1cccc(C)c1NC(=S)N1CCC(N(C)[C@H]2CCCC[C@@H]2C)CC1. The van der Waals surface area contributed by atoms with Crippen LogP contribution < -0.4 is 5.32 Å². The average molecular weight is 374 g/mol. The quantitative estimate of drug-likeness (QED) is 0.753. The van der Waals surface area contributed by atoms with Crippen molar-refractivity contribution in [1.29, 1.82) is 0 Å². The van der Waals surface area contributed by atoms with Crippen LogP contribution in [0.4, 0.5) is 5.69 Å². The minimum Gasteiger partial charge on any atom is -0.349 e. The molecule has 0 unspecified atom stereocenters. The minimum absolute atomic E-state index is 0.708. The molecule has 0 amide bonds. The van der Waals surface area contributed by atoms with Crippen molar-refractivity contribution in [3.63, 3.8) is 0 Å². The summed E-state index contributed by atoms with van der Waals surface area (Å²) >= 11 is 5.72. The Hall–Kier alpha value is -1.13. The lowest BCUT2D eigenvalue weighted by atomic mass is 9.84. The number of rotatable bonds is 3. The van der Waals surface area contributed by atoms with E-state index in [4.69, 9.17) is 12.2 Å². The van der Waals surface area contributed by atoms with Crippen LogP contribution in [-0.4, -0.2) is 47.1 Å². The van der Waals surface area contributed by atoms with Gasteiger partial charge in [0, 0.05) is 30.9 Å². The van der Waals surface area contributed by atoms with Crippen molar-refractivity contribution in [2.45, 2.75) is 71.4 Å². The fraction of sp³-hybridized carbons (Fsp3) is 0.682. The maximum absolute atomic E-state index is 5.72. The molecule has 26 heavy (non-hydrogen) atoms. The van der Waals surface area contributed by atoms with Gasteiger partial charge in [-0.2, -0.15) is 0 Å². The van der Waals surface area contributed by atoms with Crippen LogP contribution >= 0.6 is 12.2 Å². The zero-order valence-corrected chi connectivity index (χ0v) is 17.7. The number of aryl methyl sites for hydroxylation is 2. The third kappa shape index (κ3) is 4.40. The molecule has 1 N–H and O–H groups in total. The molecule has 2 atom stereocenters. The lowest BCUT2D eigenvalue weighted by Gasteiger charge is -2.44. The summed E-state index contributed by atoms with van der Waals surface area (Å²) < 4.78 is 0. The summed E-state index contributed by atoms with van der Waals surface area (Å²) in [6, 6.07) is 7.88. The molecule has 2 aliphatic rings. The van der Waals surface area contributed by atoms with E-state index in [1.54, 1.807) is 0 Å². The van der Waals surface area contributed by atoms with E-state index in [1.165, 1.54) is 55.3 Å². The van der Waals surface area contributed by atoms with Gasteiger partial charge in [-0.3, -0.25) is 0 Å². The van der Waals surface area contributed by atoms with E-state index in [-0.39, 0.29) is 0 Å². The Balaban J connectivity index is 1.54. The standard InChI is InChI=1S/C22H35N3S/c1-16-8-5-6-11-20(16)24(4)19-12-14-25(15-13-19)22(26)23-21-17(2)9-7-10-18(21)3/h7,9-10,16,19-20H,5-6,8,11-15H2,1-4H3,(H,23,26)/t16-,20-/m0/s1. The third-order valence-corrected chi connectivity index (χ3v) is 6.99. The topological polar surface area (TPSA) is 18.5 Å². The highest BCUT2D eigenvalue weighted by Crippen LogP contribution is 2.30. The van der Waals surface area contributed by atoms with Gasteiger partial charge >= 0.3 is 0 Å². The molecule has 1 saturated heterocycles. The van der Waals surface area contributed by atoms with Gasteiger partial charge < -0.3 is 15.1 Å². The first-order chi connectivity index (χ1) is 12.5. The van der Waals surface area contributed by atoms with E-state index < -0.39 is 0 Å². The van der Waals surface area contributed by atoms with E-state index in [9.17, 15) is 0 Å². The minimum atomic E-state index is 0.708. The van der Waals surface area contributed by atoms with Crippen LogP contribution in [0.2, 0.25) is 0 Å². The molecule has 0 spiro atoms. The van der Waals surface area contributed by atoms with Gasteiger partial charge in [0.05, 0.1) is 0 Å². The van der Waals surface area contributed by atoms with Crippen molar-refractivity contribution in [2.75, 3.05) is 25.5 Å². The highest BCUT2D eigenvalue weighted by Gasteiger charge is 2.31. The molecule has 1 aliphatic carbocycles. The maximum atomic E-state index is 5.72. The van der Waals surface area contributed by atoms with Crippen LogP contribution in [-0.2, 0) is 0 Å². The second kappa shape index (κ2) is 8.71. The monoisotopic (exact) mass is 373 g/mol. The highest BCUT2D eigenvalue weighted by molar-refractivity contribution is 7.80. The first-order valence-electron chi connectivity index (χ1n) is 10.3. The Morgan fingerprint density at radius 3 is 2.31 bits per heavy atom. The van der Waals surface area contributed by atoms with Gasteiger partial charge in [0.15, 0.2) is 5.11 Å². The lowest BCUT2D eigenvalue weighted by molar-refractivity contribution is 0.0691. The van der Waals surface area contributed by atoms with E-state index in [2.05, 4.69) is 61.1 Å². The molecular formula is C22H35N3S. The second-order valence-corrected chi connectivity index (χ2v) is 8.80. The van der Waals surface area contributed by atoms with Gasteiger partial charge in [0.2, 0.25) is 0 Å². The first kappa shape index (κ1) is 19.6. The van der Waals surface area contributed by atoms with Gasteiger partial charge in [-0.05, 0) is 75.8 Å². The zero-order chi connectivity index (χ0) is 18.7. The number of nitrogens with zero attached hydrogens (tertiary/aromatic N) is 2. The summed E-state index contributed by atoms with van der Waals surface area (Å²) in [7, 11) is 2.36. The van der Waals surface area contributed by atoms with Gasteiger partial charge in [0.1, 0.15) is 0 Å². The molecule has 0 bridgehead atoms. The van der Waals surface area contributed by atoms with Crippen LogP contribution in [0.1, 0.15) is 56.6 Å². The summed E-state index contributed by atoms with van der Waals surface area (Å²) in [5, 5.41) is 4.39. The molecule has 0 aromatic heterocycles. The zero-order valence-electron chi connectivity index (χ0n) is 16.9. The van der Waals surface area contributed by atoms with Crippen LogP contribution in [0.3, 0.4) is 0 Å². The number of likely N-dealkylation sites (tertiary alicyclic amines) is 1. The molecule has 1 aromatic carbocycles. The number of piperidine rings is 1. The van der Waals surface area contributed by atoms with Gasteiger partial charge in [0.25, 0.3) is 0 Å².